The Bertz CT molecular complexity index is 1550. The van der Waals surface area contributed by atoms with Gasteiger partial charge in [0.2, 0.25) is 0 Å². The van der Waals surface area contributed by atoms with E-state index in [4.69, 9.17) is 10.5 Å². The number of hydrogen-bond acceptors (Lipinski definition) is 5. The Morgan fingerprint density at radius 1 is 1.00 bits per heavy atom. The molecule has 0 saturated carbocycles. The normalized spacial score (nSPS) is 14.3. The Morgan fingerprint density at radius 3 is 2.71 bits per heavy atom. The number of fused-ring (bicyclic) bond motifs is 2. The van der Waals surface area contributed by atoms with Gasteiger partial charge in [0.1, 0.15) is 5.65 Å². The highest BCUT2D eigenvalue weighted by molar-refractivity contribution is 6.00. The Labute approximate surface area is 203 Å². The van der Waals surface area contributed by atoms with Gasteiger partial charge >= 0.3 is 0 Å². The maximum Gasteiger partial charge on any atom is 0.153 e. The van der Waals surface area contributed by atoms with Crippen LogP contribution < -0.4 is 5.73 Å². The fraction of sp³-hybridized carbons (Fsp3) is 0.214. The van der Waals surface area contributed by atoms with Gasteiger partial charge in [-0.25, -0.2) is 4.98 Å². The lowest BCUT2D eigenvalue weighted by molar-refractivity contribution is 0.0383. The maximum atomic E-state index is 6.20. The molecule has 4 N–H and O–H groups in total. The SMILES string of the molecule is Nc1n[nH]c2c(C#Cc3ccccc3)cc(-c3ccnc4[nH]c(CCN5CCOCC5)cc34)cc12. The number of nitrogens with zero attached hydrogens (tertiary/aromatic N) is 3. The van der Waals surface area contributed by atoms with Crippen LogP contribution >= 0.6 is 0 Å². The fourth-order valence-corrected chi connectivity index (χ4v) is 4.63. The van der Waals surface area contributed by atoms with Gasteiger partial charge in [0, 0.05) is 54.3 Å². The second kappa shape index (κ2) is 9.26. The van der Waals surface area contributed by atoms with E-state index < -0.39 is 0 Å². The van der Waals surface area contributed by atoms with Gasteiger partial charge in [0.25, 0.3) is 0 Å². The molecule has 6 rings (SSSR count). The Balaban J connectivity index is 1.38. The average molecular weight is 463 g/mol. The first-order chi connectivity index (χ1) is 17.2. The van der Waals surface area contributed by atoms with Gasteiger partial charge in [-0.3, -0.25) is 10.00 Å². The summed E-state index contributed by atoms with van der Waals surface area (Å²) in [7, 11) is 0. The molecule has 1 aliphatic rings. The number of aromatic nitrogens is 4. The minimum atomic E-state index is 0.468. The third-order valence-electron chi connectivity index (χ3n) is 6.52. The summed E-state index contributed by atoms with van der Waals surface area (Å²) in [6.45, 7) is 4.61. The van der Waals surface area contributed by atoms with Crippen LogP contribution in [0.4, 0.5) is 5.82 Å². The first-order valence-electron chi connectivity index (χ1n) is 11.9. The third kappa shape index (κ3) is 4.37. The number of aromatic amines is 2. The molecule has 7 heteroatoms. The summed E-state index contributed by atoms with van der Waals surface area (Å²) in [5, 5.41) is 9.24. The molecular weight excluding hydrogens is 436 g/mol. The summed E-state index contributed by atoms with van der Waals surface area (Å²) in [6, 6.07) is 18.4. The van der Waals surface area contributed by atoms with Gasteiger partial charge in [-0.2, -0.15) is 5.10 Å². The van der Waals surface area contributed by atoms with E-state index in [0.29, 0.717) is 5.82 Å². The van der Waals surface area contributed by atoms with Crippen molar-refractivity contribution < 1.29 is 4.74 Å². The molecule has 3 aromatic heterocycles. The van der Waals surface area contributed by atoms with Crippen LogP contribution in [-0.2, 0) is 11.2 Å². The number of nitrogens with one attached hydrogen (secondary N) is 2. The Kier molecular flexibility index (Phi) is 5.67. The molecule has 1 saturated heterocycles. The lowest BCUT2D eigenvalue weighted by atomic mass is 9.98. The molecule has 0 aliphatic carbocycles. The van der Waals surface area contributed by atoms with Crippen molar-refractivity contribution in [3.05, 3.63) is 77.6 Å². The molecule has 4 heterocycles. The molecule has 5 aromatic rings. The predicted molar refractivity (Wildman–Crippen MR) is 139 cm³/mol. The minimum absolute atomic E-state index is 0.468. The molecular formula is C28H26N6O. The quantitative estimate of drug-likeness (QED) is 0.351. The molecule has 7 nitrogen and oxygen atoms in total. The first-order valence-corrected chi connectivity index (χ1v) is 11.9. The van der Waals surface area contributed by atoms with E-state index in [1.807, 2.05) is 42.6 Å². The molecule has 0 spiro atoms. The van der Waals surface area contributed by atoms with Crippen LogP contribution in [0, 0.1) is 11.8 Å². The van der Waals surface area contributed by atoms with Crippen molar-refractivity contribution in [1.82, 2.24) is 25.1 Å². The van der Waals surface area contributed by atoms with E-state index in [0.717, 1.165) is 83.5 Å². The van der Waals surface area contributed by atoms with Crippen LogP contribution in [0.1, 0.15) is 16.8 Å². The number of hydrogen-bond donors (Lipinski definition) is 3. The van der Waals surface area contributed by atoms with Crippen molar-refractivity contribution in [3.8, 4) is 23.0 Å². The average Bonchev–Trinajstić information content (AvgIpc) is 3.50. The van der Waals surface area contributed by atoms with Crippen LogP contribution in [0.15, 0.2) is 60.8 Å². The van der Waals surface area contributed by atoms with E-state index in [-0.39, 0.29) is 0 Å². The van der Waals surface area contributed by atoms with E-state index in [9.17, 15) is 0 Å². The number of anilines is 1. The van der Waals surface area contributed by atoms with Crippen molar-refractivity contribution in [2.75, 3.05) is 38.6 Å². The van der Waals surface area contributed by atoms with Gasteiger partial charge in [-0.15, -0.1) is 0 Å². The molecule has 0 unspecified atom stereocenters. The number of rotatable bonds is 4. The monoisotopic (exact) mass is 462 g/mol. The van der Waals surface area contributed by atoms with Crippen LogP contribution in [0.2, 0.25) is 0 Å². The van der Waals surface area contributed by atoms with Crippen molar-refractivity contribution >= 4 is 27.8 Å². The lowest BCUT2D eigenvalue weighted by Gasteiger charge is -2.26. The van der Waals surface area contributed by atoms with Crippen molar-refractivity contribution in [3.63, 3.8) is 0 Å². The largest absolute Gasteiger partial charge is 0.382 e. The molecule has 0 bridgehead atoms. The number of ether oxygens (including phenoxy) is 1. The maximum absolute atomic E-state index is 6.20. The first kappa shape index (κ1) is 21.4. The van der Waals surface area contributed by atoms with Crippen molar-refractivity contribution in [1.29, 1.82) is 0 Å². The zero-order valence-electron chi connectivity index (χ0n) is 19.3. The van der Waals surface area contributed by atoms with Gasteiger partial charge in [-0.05, 0) is 47.5 Å². The number of nitrogen functional groups attached to an aromatic ring is 1. The molecule has 174 valence electrons. The van der Waals surface area contributed by atoms with Crippen LogP contribution in [0.5, 0.6) is 0 Å². The zero-order chi connectivity index (χ0) is 23.6. The Hall–Kier alpha value is -4.12. The van der Waals surface area contributed by atoms with E-state index in [1.165, 1.54) is 5.69 Å². The summed E-state index contributed by atoms with van der Waals surface area (Å²) >= 11 is 0. The summed E-state index contributed by atoms with van der Waals surface area (Å²) in [5.74, 6) is 7.05. The summed E-state index contributed by atoms with van der Waals surface area (Å²) in [5.41, 5.74) is 13.1. The van der Waals surface area contributed by atoms with Gasteiger partial charge < -0.3 is 15.5 Å². The highest BCUT2D eigenvalue weighted by Gasteiger charge is 2.15. The molecule has 2 aromatic carbocycles. The summed E-state index contributed by atoms with van der Waals surface area (Å²) < 4.78 is 5.46. The standard InChI is InChI=1S/C28H26N6O/c29-27-25-17-21(16-20(26(25)32-33-27)7-6-19-4-2-1-3-5-19)23-8-10-30-28-24(23)18-22(31-28)9-11-34-12-14-35-15-13-34/h1-5,8,10,16-18H,9,11-15H2,(H,30,31)(H3,29,32,33). The molecule has 35 heavy (non-hydrogen) atoms. The molecule has 1 fully saturated rings. The van der Waals surface area contributed by atoms with Crippen molar-refractivity contribution in [2.24, 2.45) is 0 Å². The van der Waals surface area contributed by atoms with Crippen LogP contribution in [0.3, 0.4) is 0 Å². The molecule has 0 atom stereocenters. The molecule has 0 amide bonds. The second-order valence-corrected chi connectivity index (χ2v) is 8.79. The fourth-order valence-electron chi connectivity index (χ4n) is 4.63. The van der Waals surface area contributed by atoms with Crippen LogP contribution in [-0.4, -0.2) is 57.9 Å². The number of pyridine rings is 1. The predicted octanol–water partition coefficient (Wildman–Crippen LogP) is 3.96. The highest BCUT2D eigenvalue weighted by atomic mass is 16.5. The number of H-pyrrole nitrogens is 2. The van der Waals surface area contributed by atoms with Gasteiger partial charge in [-0.1, -0.05) is 30.0 Å². The summed E-state index contributed by atoms with van der Waals surface area (Å²) in [4.78, 5) is 10.5. The van der Waals surface area contributed by atoms with Crippen molar-refractivity contribution in [2.45, 2.75) is 6.42 Å². The lowest BCUT2D eigenvalue weighted by Crippen LogP contribution is -2.37. The van der Waals surface area contributed by atoms with E-state index in [2.05, 4.69) is 55.1 Å². The highest BCUT2D eigenvalue weighted by Crippen LogP contribution is 2.33. The molecule has 0 radical (unpaired) electrons. The number of benzene rings is 2. The number of morpholine rings is 1. The number of nitrogens with two attached hydrogens (primary N) is 1. The van der Waals surface area contributed by atoms with E-state index in [1.54, 1.807) is 0 Å². The van der Waals surface area contributed by atoms with E-state index >= 15 is 0 Å². The smallest absolute Gasteiger partial charge is 0.153 e. The Morgan fingerprint density at radius 2 is 1.86 bits per heavy atom. The topological polar surface area (TPSA) is 95.8 Å². The van der Waals surface area contributed by atoms with Gasteiger partial charge in [0.05, 0.1) is 24.3 Å². The third-order valence-corrected chi connectivity index (χ3v) is 6.52. The minimum Gasteiger partial charge on any atom is -0.382 e. The van der Waals surface area contributed by atoms with Crippen LogP contribution in [0.25, 0.3) is 33.1 Å². The summed E-state index contributed by atoms with van der Waals surface area (Å²) in [6.07, 6.45) is 2.79. The second-order valence-electron chi connectivity index (χ2n) is 8.79. The van der Waals surface area contributed by atoms with Gasteiger partial charge in [0.15, 0.2) is 5.82 Å². The molecule has 1 aliphatic heterocycles. The zero-order valence-corrected chi connectivity index (χ0v) is 19.3.